The van der Waals surface area contributed by atoms with Crippen molar-refractivity contribution in [1.29, 1.82) is 0 Å². The SMILES string of the molecule is CCCCN1C(=O)CC(C(=O)NCCCN2CCOCC2)C1c1ccc(OC)cc1. The Kier molecular flexibility index (Phi) is 8.51. The molecule has 2 fully saturated rings. The van der Waals surface area contributed by atoms with Crippen molar-refractivity contribution >= 4 is 11.8 Å². The number of nitrogens with zero attached hydrogens (tertiary/aromatic N) is 2. The first-order valence-corrected chi connectivity index (χ1v) is 11.1. The van der Waals surface area contributed by atoms with Crippen molar-refractivity contribution in [3.05, 3.63) is 29.8 Å². The summed E-state index contributed by atoms with van der Waals surface area (Å²) in [5.74, 6) is 0.460. The van der Waals surface area contributed by atoms with E-state index in [9.17, 15) is 9.59 Å². The van der Waals surface area contributed by atoms with Gasteiger partial charge in [0.1, 0.15) is 5.75 Å². The fraction of sp³-hybridized carbons (Fsp3) is 0.652. The zero-order chi connectivity index (χ0) is 21.3. The Balaban J connectivity index is 1.62. The van der Waals surface area contributed by atoms with E-state index in [1.807, 2.05) is 29.2 Å². The van der Waals surface area contributed by atoms with E-state index in [2.05, 4.69) is 17.1 Å². The van der Waals surface area contributed by atoms with Crippen LogP contribution in [0.1, 0.15) is 44.2 Å². The van der Waals surface area contributed by atoms with E-state index < -0.39 is 0 Å². The van der Waals surface area contributed by atoms with E-state index in [-0.39, 0.29) is 30.2 Å². The van der Waals surface area contributed by atoms with Crippen molar-refractivity contribution < 1.29 is 19.1 Å². The molecule has 0 spiro atoms. The Morgan fingerprint density at radius 3 is 2.57 bits per heavy atom. The molecule has 3 rings (SSSR count). The third-order valence-electron chi connectivity index (χ3n) is 6.03. The molecule has 1 N–H and O–H groups in total. The molecular formula is C23H35N3O4. The van der Waals surface area contributed by atoms with Crippen LogP contribution >= 0.6 is 0 Å². The highest BCUT2D eigenvalue weighted by molar-refractivity contribution is 5.90. The Hall–Kier alpha value is -2.12. The molecule has 1 aromatic carbocycles. The van der Waals surface area contributed by atoms with Gasteiger partial charge in [-0.1, -0.05) is 25.5 Å². The number of nitrogens with one attached hydrogen (secondary N) is 1. The molecule has 7 heteroatoms. The second-order valence-electron chi connectivity index (χ2n) is 8.07. The van der Waals surface area contributed by atoms with Crippen LogP contribution in [0.5, 0.6) is 5.75 Å². The van der Waals surface area contributed by atoms with Gasteiger partial charge in [-0.3, -0.25) is 14.5 Å². The van der Waals surface area contributed by atoms with E-state index in [1.165, 1.54) is 0 Å². The minimum Gasteiger partial charge on any atom is -0.497 e. The summed E-state index contributed by atoms with van der Waals surface area (Å²) in [6.07, 6.45) is 3.12. The standard InChI is InChI=1S/C23H35N3O4/c1-3-4-12-26-21(27)17-20(22(26)18-6-8-19(29-2)9-7-18)23(28)24-10-5-11-25-13-15-30-16-14-25/h6-9,20,22H,3-5,10-17H2,1-2H3,(H,24,28). The topological polar surface area (TPSA) is 71.1 Å². The number of carbonyl (C=O) groups is 2. The van der Waals surface area contributed by atoms with Crippen LogP contribution in [-0.2, 0) is 14.3 Å². The van der Waals surface area contributed by atoms with Crippen LogP contribution in [0.3, 0.4) is 0 Å². The van der Waals surface area contributed by atoms with Gasteiger partial charge in [0.05, 0.1) is 32.3 Å². The first-order chi connectivity index (χ1) is 14.6. The van der Waals surface area contributed by atoms with Crippen LogP contribution in [0.4, 0.5) is 0 Å². The van der Waals surface area contributed by atoms with Gasteiger partial charge in [0, 0.05) is 32.6 Å². The van der Waals surface area contributed by atoms with E-state index >= 15 is 0 Å². The lowest BCUT2D eigenvalue weighted by atomic mass is 9.92. The summed E-state index contributed by atoms with van der Waals surface area (Å²) in [6.45, 7) is 7.87. The lowest BCUT2D eigenvalue weighted by Gasteiger charge is -2.29. The van der Waals surface area contributed by atoms with Gasteiger partial charge in [0.25, 0.3) is 0 Å². The van der Waals surface area contributed by atoms with E-state index in [0.29, 0.717) is 13.1 Å². The van der Waals surface area contributed by atoms with Gasteiger partial charge in [0.2, 0.25) is 11.8 Å². The molecule has 2 atom stereocenters. The Morgan fingerprint density at radius 1 is 1.17 bits per heavy atom. The van der Waals surface area contributed by atoms with Crippen LogP contribution < -0.4 is 10.1 Å². The molecule has 0 aromatic heterocycles. The maximum Gasteiger partial charge on any atom is 0.226 e. The van der Waals surface area contributed by atoms with Crippen LogP contribution in [0.25, 0.3) is 0 Å². The van der Waals surface area contributed by atoms with Gasteiger partial charge in [-0.05, 0) is 37.1 Å². The minimum atomic E-state index is -0.355. The van der Waals surface area contributed by atoms with Crippen molar-refractivity contribution in [2.75, 3.05) is 53.0 Å². The zero-order valence-electron chi connectivity index (χ0n) is 18.3. The molecular weight excluding hydrogens is 382 g/mol. The smallest absolute Gasteiger partial charge is 0.226 e. The summed E-state index contributed by atoms with van der Waals surface area (Å²) in [6, 6.07) is 7.52. The molecule has 7 nitrogen and oxygen atoms in total. The molecule has 0 radical (unpaired) electrons. The largest absolute Gasteiger partial charge is 0.497 e. The number of carbonyl (C=O) groups excluding carboxylic acids is 2. The molecule has 2 unspecified atom stereocenters. The van der Waals surface area contributed by atoms with Gasteiger partial charge < -0.3 is 19.7 Å². The summed E-state index contributed by atoms with van der Waals surface area (Å²) in [5, 5.41) is 3.08. The number of hydrogen-bond donors (Lipinski definition) is 1. The lowest BCUT2D eigenvalue weighted by Crippen LogP contribution is -2.39. The van der Waals surface area contributed by atoms with E-state index in [4.69, 9.17) is 9.47 Å². The predicted octanol–water partition coefficient (Wildman–Crippen LogP) is 2.22. The van der Waals surface area contributed by atoms with Crippen molar-refractivity contribution in [2.24, 2.45) is 5.92 Å². The molecule has 30 heavy (non-hydrogen) atoms. The number of benzene rings is 1. The van der Waals surface area contributed by atoms with Crippen LogP contribution in [0.15, 0.2) is 24.3 Å². The number of likely N-dealkylation sites (tertiary alicyclic amines) is 1. The monoisotopic (exact) mass is 417 g/mol. The molecule has 0 aliphatic carbocycles. The molecule has 0 saturated carbocycles. The summed E-state index contributed by atoms with van der Waals surface area (Å²) >= 11 is 0. The van der Waals surface area contributed by atoms with Gasteiger partial charge in [-0.2, -0.15) is 0 Å². The number of unbranched alkanes of at least 4 members (excludes halogenated alkanes) is 1. The summed E-state index contributed by atoms with van der Waals surface area (Å²) < 4.78 is 10.6. The first-order valence-electron chi connectivity index (χ1n) is 11.1. The fourth-order valence-corrected chi connectivity index (χ4v) is 4.30. The number of morpholine rings is 1. The highest BCUT2D eigenvalue weighted by Gasteiger charge is 2.44. The zero-order valence-corrected chi connectivity index (χ0v) is 18.3. The van der Waals surface area contributed by atoms with E-state index in [1.54, 1.807) is 7.11 Å². The maximum atomic E-state index is 13.0. The summed E-state index contributed by atoms with van der Waals surface area (Å²) in [5.41, 5.74) is 0.992. The molecule has 0 bridgehead atoms. The Bertz CT molecular complexity index is 688. The van der Waals surface area contributed by atoms with Crippen molar-refractivity contribution in [1.82, 2.24) is 15.1 Å². The van der Waals surface area contributed by atoms with Crippen LogP contribution in [0, 0.1) is 5.92 Å². The second kappa shape index (κ2) is 11.3. The highest BCUT2D eigenvalue weighted by atomic mass is 16.5. The first kappa shape index (κ1) is 22.6. The van der Waals surface area contributed by atoms with Gasteiger partial charge in [-0.25, -0.2) is 0 Å². The normalized spacial score (nSPS) is 22.3. The average Bonchev–Trinajstić information content (AvgIpc) is 3.12. The average molecular weight is 418 g/mol. The molecule has 2 amide bonds. The molecule has 2 aliphatic heterocycles. The fourth-order valence-electron chi connectivity index (χ4n) is 4.30. The molecule has 2 heterocycles. The van der Waals surface area contributed by atoms with Gasteiger partial charge in [-0.15, -0.1) is 0 Å². The van der Waals surface area contributed by atoms with Gasteiger partial charge >= 0.3 is 0 Å². The summed E-state index contributed by atoms with van der Waals surface area (Å²) in [4.78, 5) is 30.0. The second-order valence-corrected chi connectivity index (χ2v) is 8.07. The third-order valence-corrected chi connectivity index (χ3v) is 6.03. The third kappa shape index (κ3) is 5.73. The number of amides is 2. The van der Waals surface area contributed by atoms with Crippen LogP contribution in [0.2, 0.25) is 0 Å². The quantitative estimate of drug-likeness (QED) is 0.591. The molecule has 2 saturated heterocycles. The van der Waals surface area contributed by atoms with Crippen LogP contribution in [-0.4, -0.2) is 74.7 Å². The highest BCUT2D eigenvalue weighted by Crippen LogP contribution is 2.39. The van der Waals surface area contributed by atoms with Crippen molar-refractivity contribution in [3.63, 3.8) is 0 Å². The Morgan fingerprint density at radius 2 is 1.90 bits per heavy atom. The molecule has 2 aliphatic rings. The predicted molar refractivity (Wildman–Crippen MR) is 115 cm³/mol. The summed E-state index contributed by atoms with van der Waals surface area (Å²) in [7, 11) is 1.63. The number of rotatable bonds is 10. The lowest BCUT2D eigenvalue weighted by molar-refractivity contribution is -0.129. The number of ether oxygens (including phenoxy) is 2. The maximum absolute atomic E-state index is 13.0. The van der Waals surface area contributed by atoms with E-state index in [0.717, 1.165) is 63.4 Å². The number of methoxy groups -OCH3 is 1. The van der Waals surface area contributed by atoms with Crippen molar-refractivity contribution in [2.45, 2.75) is 38.6 Å². The molecule has 1 aromatic rings. The minimum absolute atomic E-state index is 0.0230. The number of hydrogen-bond acceptors (Lipinski definition) is 5. The van der Waals surface area contributed by atoms with Crippen molar-refractivity contribution in [3.8, 4) is 5.75 Å². The Labute approximate surface area is 179 Å². The van der Waals surface area contributed by atoms with Gasteiger partial charge in [0.15, 0.2) is 0 Å². The molecule has 166 valence electrons.